The van der Waals surface area contributed by atoms with Crippen molar-refractivity contribution < 1.29 is 8.42 Å². The molecule has 1 aromatic carbocycles. The molecule has 2 rings (SSSR count). The van der Waals surface area contributed by atoms with Gasteiger partial charge in [-0.15, -0.1) is 0 Å². The van der Waals surface area contributed by atoms with Crippen molar-refractivity contribution in [2.75, 3.05) is 0 Å². The fourth-order valence-electron chi connectivity index (χ4n) is 2.36. The molecule has 5 heteroatoms. The van der Waals surface area contributed by atoms with Crippen molar-refractivity contribution in [1.29, 1.82) is 0 Å². The smallest absolute Gasteiger partial charge is 0.184 e. The maximum Gasteiger partial charge on any atom is 0.184 e. The fourth-order valence-corrected chi connectivity index (χ4v) is 4.38. The van der Waals surface area contributed by atoms with E-state index in [0.29, 0.717) is 17.7 Å². The van der Waals surface area contributed by atoms with Gasteiger partial charge in [0.15, 0.2) is 9.84 Å². The van der Waals surface area contributed by atoms with E-state index in [1.54, 1.807) is 24.3 Å². The maximum atomic E-state index is 12.4. The van der Waals surface area contributed by atoms with Crippen molar-refractivity contribution in [2.24, 2.45) is 11.5 Å². The third-order valence-corrected chi connectivity index (χ3v) is 5.75. The molecule has 17 heavy (non-hydrogen) atoms. The van der Waals surface area contributed by atoms with Crippen molar-refractivity contribution in [3.8, 4) is 0 Å². The summed E-state index contributed by atoms with van der Waals surface area (Å²) in [6, 6.07) is 6.82. The first-order valence-electron chi connectivity index (χ1n) is 5.72. The molecule has 0 spiro atoms. The van der Waals surface area contributed by atoms with Crippen LogP contribution in [0.3, 0.4) is 0 Å². The van der Waals surface area contributed by atoms with Gasteiger partial charge in [-0.05, 0) is 38.3 Å². The molecule has 0 bridgehead atoms. The first-order chi connectivity index (χ1) is 7.84. The average molecular weight is 254 g/mol. The van der Waals surface area contributed by atoms with Gasteiger partial charge in [-0.25, -0.2) is 8.42 Å². The van der Waals surface area contributed by atoms with Gasteiger partial charge in [0.25, 0.3) is 0 Å². The third-order valence-electron chi connectivity index (χ3n) is 3.40. The minimum absolute atomic E-state index is 0.315. The van der Waals surface area contributed by atoms with Gasteiger partial charge >= 0.3 is 0 Å². The standard InChI is InChI=1S/C12H18N2O2S/c1-9-4-6-10(7-5-9)17(15,16)11-3-2-8-12(11,13)14/h4-7,11H,2-3,8,13-14H2,1H3. The largest absolute Gasteiger partial charge is 0.312 e. The van der Waals surface area contributed by atoms with Gasteiger partial charge in [-0.2, -0.15) is 0 Å². The van der Waals surface area contributed by atoms with E-state index in [-0.39, 0.29) is 0 Å². The lowest BCUT2D eigenvalue weighted by atomic mass is 10.1. The summed E-state index contributed by atoms with van der Waals surface area (Å²) in [7, 11) is -3.41. The highest BCUT2D eigenvalue weighted by atomic mass is 32.2. The molecule has 1 aliphatic rings. The van der Waals surface area contributed by atoms with E-state index in [1.165, 1.54) is 0 Å². The molecule has 1 saturated carbocycles. The summed E-state index contributed by atoms with van der Waals surface area (Å²) in [5, 5.41) is -0.669. The molecular formula is C12H18N2O2S. The van der Waals surface area contributed by atoms with E-state index >= 15 is 0 Å². The van der Waals surface area contributed by atoms with Crippen molar-refractivity contribution in [3.63, 3.8) is 0 Å². The molecule has 94 valence electrons. The van der Waals surface area contributed by atoms with Crippen molar-refractivity contribution >= 4 is 9.84 Å². The van der Waals surface area contributed by atoms with Crippen LogP contribution >= 0.6 is 0 Å². The summed E-state index contributed by atoms with van der Waals surface area (Å²) in [4.78, 5) is 0.315. The first-order valence-corrected chi connectivity index (χ1v) is 7.27. The quantitative estimate of drug-likeness (QED) is 0.769. The maximum absolute atomic E-state index is 12.4. The number of rotatable bonds is 2. The number of hydrogen-bond acceptors (Lipinski definition) is 4. The minimum Gasteiger partial charge on any atom is -0.312 e. The molecule has 0 aromatic heterocycles. The van der Waals surface area contributed by atoms with Gasteiger partial charge in [0.05, 0.1) is 15.8 Å². The molecule has 0 aliphatic heterocycles. The Morgan fingerprint density at radius 1 is 1.24 bits per heavy atom. The number of nitrogens with two attached hydrogens (primary N) is 2. The van der Waals surface area contributed by atoms with Gasteiger partial charge in [0.1, 0.15) is 0 Å². The normalized spacial score (nSPS) is 23.8. The van der Waals surface area contributed by atoms with Crippen LogP contribution in [-0.2, 0) is 9.84 Å². The van der Waals surface area contributed by atoms with E-state index in [1.807, 2.05) is 6.92 Å². The zero-order chi connectivity index (χ0) is 12.7. The van der Waals surface area contributed by atoms with Crippen molar-refractivity contribution in [1.82, 2.24) is 0 Å². The summed E-state index contributed by atoms with van der Waals surface area (Å²) in [6.07, 6.45) is 1.87. The molecular weight excluding hydrogens is 236 g/mol. The number of sulfone groups is 1. The Labute approximate surface area is 102 Å². The molecule has 1 aliphatic carbocycles. The molecule has 1 fully saturated rings. The first kappa shape index (κ1) is 12.5. The molecule has 0 radical (unpaired) electrons. The van der Waals surface area contributed by atoms with E-state index < -0.39 is 20.8 Å². The van der Waals surface area contributed by atoms with Gasteiger partial charge in [0.2, 0.25) is 0 Å². The second-order valence-corrected chi connectivity index (χ2v) is 6.98. The fraction of sp³-hybridized carbons (Fsp3) is 0.500. The van der Waals surface area contributed by atoms with Crippen LogP contribution in [0.25, 0.3) is 0 Å². The van der Waals surface area contributed by atoms with Crippen LogP contribution in [0.1, 0.15) is 24.8 Å². The summed E-state index contributed by atoms with van der Waals surface area (Å²) >= 11 is 0. The van der Waals surface area contributed by atoms with Crippen LogP contribution in [0.5, 0.6) is 0 Å². The Balaban J connectivity index is 2.40. The lowest BCUT2D eigenvalue weighted by Gasteiger charge is -2.26. The lowest BCUT2D eigenvalue weighted by Crippen LogP contribution is -2.57. The van der Waals surface area contributed by atoms with Crippen LogP contribution < -0.4 is 11.5 Å². The monoisotopic (exact) mass is 254 g/mol. The summed E-state index contributed by atoms with van der Waals surface area (Å²) in [6.45, 7) is 1.92. The Morgan fingerprint density at radius 2 is 1.82 bits per heavy atom. The molecule has 1 atom stereocenters. The van der Waals surface area contributed by atoms with E-state index in [2.05, 4.69) is 0 Å². The van der Waals surface area contributed by atoms with Crippen LogP contribution in [0.15, 0.2) is 29.2 Å². The second kappa shape index (κ2) is 4.08. The highest BCUT2D eigenvalue weighted by Gasteiger charge is 2.45. The highest BCUT2D eigenvalue weighted by Crippen LogP contribution is 2.33. The number of hydrogen-bond donors (Lipinski definition) is 2. The molecule has 1 aromatic rings. The summed E-state index contributed by atoms with van der Waals surface area (Å²) in [5.41, 5.74) is 11.7. The topological polar surface area (TPSA) is 86.2 Å². The molecule has 4 N–H and O–H groups in total. The van der Waals surface area contributed by atoms with Crippen LogP contribution in [0, 0.1) is 6.92 Å². The van der Waals surface area contributed by atoms with Crippen molar-refractivity contribution in [3.05, 3.63) is 29.8 Å². The van der Waals surface area contributed by atoms with Gasteiger partial charge in [-0.3, -0.25) is 0 Å². The Hall–Kier alpha value is -0.910. The van der Waals surface area contributed by atoms with Gasteiger partial charge in [0, 0.05) is 0 Å². The predicted octanol–water partition coefficient (Wildman–Crippen LogP) is 0.935. The molecule has 4 nitrogen and oxygen atoms in total. The number of benzene rings is 1. The van der Waals surface area contributed by atoms with E-state index in [4.69, 9.17) is 11.5 Å². The molecule has 0 amide bonds. The second-order valence-electron chi connectivity index (χ2n) is 4.85. The van der Waals surface area contributed by atoms with Gasteiger partial charge in [-0.1, -0.05) is 17.7 Å². The van der Waals surface area contributed by atoms with E-state index in [9.17, 15) is 8.42 Å². The van der Waals surface area contributed by atoms with Crippen LogP contribution in [0.4, 0.5) is 0 Å². The molecule has 1 unspecified atom stereocenters. The van der Waals surface area contributed by atoms with Crippen LogP contribution in [-0.4, -0.2) is 19.3 Å². The Morgan fingerprint density at radius 3 is 2.29 bits per heavy atom. The van der Waals surface area contributed by atoms with E-state index in [0.717, 1.165) is 12.0 Å². The zero-order valence-corrected chi connectivity index (χ0v) is 10.7. The summed E-state index contributed by atoms with van der Waals surface area (Å²) < 4.78 is 24.8. The lowest BCUT2D eigenvalue weighted by molar-refractivity contribution is 0.449. The van der Waals surface area contributed by atoms with Gasteiger partial charge < -0.3 is 11.5 Å². The average Bonchev–Trinajstić information content (AvgIpc) is 2.59. The SMILES string of the molecule is Cc1ccc(S(=O)(=O)C2CCCC2(N)N)cc1. The van der Waals surface area contributed by atoms with Crippen LogP contribution in [0.2, 0.25) is 0 Å². The van der Waals surface area contributed by atoms with Crippen molar-refractivity contribution in [2.45, 2.75) is 42.0 Å². The number of aryl methyl sites for hydroxylation is 1. The zero-order valence-electron chi connectivity index (χ0n) is 9.89. The highest BCUT2D eigenvalue weighted by molar-refractivity contribution is 7.92. The molecule has 0 heterocycles. The Kier molecular flexibility index (Phi) is 3.01. The summed E-state index contributed by atoms with van der Waals surface area (Å²) in [5.74, 6) is 0. The Bertz CT molecular complexity index is 506. The predicted molar refractivity (Wildman–Crippen MR) is 67.1 cm³/mol. The molecule has 0 saturated heterocycles. The third kappa shape index (κ3) is 2.22. The minimum atomic E-state index is -3.41.